The summed E-state index contributed by atoms with van der Waals surface area (Å²) in [5.41, 5.74) is 0. The van der Waals surface area contributed by atoms with E-state index in [-0.39, 0.29) is 6.03 Å². The molecular formula is C12H23N3O. The third-order valence-corrected chi connectivity index (χ3v) is 3.90. The van der Waals surface area contributed by atoms with Crippen LogP contribution in [0, 0.1) is 0 Å². The molecule has 92 valence electrons. The molecule has 0 saturated carbocycles. The highest BCUT2D eigenvalue weighted by Gasteiger charge is 2.29. The number of likely N-dealkylation sites (tertiary alicyclic amines) is 1. The summed E-state index contributed by atoms with van der Waals surface area (Å²) in [4.78, 5) is 18.6. The Bertz CT molecular complexity index is 251. The minimum absolute atomic E-state index is 0.268. The number of hydrogen-bond donors (Lipinski definition) is 0. The van der Waals surface area contributed by atoms with Crippen molar-refractivity contribution < 1.29 is 4.79 Å². The fourth-order valence-corrected chi connectivity index (χ4v) is 2.67. The van der Waals surface area contributed by atoms with Crippen molar-refractivity contribution in [3.05, 3.63) is 0 Å². The first-order chi connectivity index (χ1) is 7.72. The van der Waals surface area contributed by atoms with Crippen LogP contribution in [0.5, 0.6) is 0 Å². The Balaban J connectivity index is 1.91. The van der Waals surface area contributed by atoms with Crippen molar-refractivity contribution in [1.29, 1.82) is 0 Å². The molecular weight excluding hydrogens is 202 g/mol. The highest BCUT2D eigenvalue weighted by atomic mass is 16.2. The summed E-state index contributed by atoms with van der Waals surface area (Å²) in [6.45, 7) is 6.93. The number of piperazine rings is 1. The molecule has 4 nitrogen and oxygen atoms in total. The normalized spacial score (nSPS) is 27.5. The number of nitrogens with zero attached hydrogens (tertiary/aromatic N) is 3. The number of amides is 2. The van der Waals surface area contributed by atoms with E-state index in [2.05, 4.69) is 18.9 Å². The van der Waals surface area contributed by atoms with Gasteiger partial charge in [0.05, 0.1) is 0 Å². The Hall–Kier alpha value is -0.770. The molecule has 0 aliphatic carbocycles. The van der Waals surface area contributed by atoms with Crippen molar-refractivity contribution in [2.24, 2.45) is 0 Å². The molecule has 16 heavy (non-hydrogen) atoms. The van der Waals surface area contributed by atoms with Crippen molar-refractivity contribution in [3.63, 3.8) is 0 Å². The third kappa shape index (κ3) is 2.32. The molecule has 0 aromatic carbocycles. The van der Waals surface area contributed by atoms with Crippen LogP contribution in [0.3, 0.4) is 0 Å². The molecule has 0 spiro atoms. The van der Waals surface area contributed by atoms with Crippen molar-refractivity contribution in [2.45, 2.75) is 32.2 Å². The summed E-state index contributed by atoms with van der Waals surface area (Å²) < 4.78 is 0. The maximum atomic E-state index is 12.2. The van der Waals surface area contributed by atoms with Gasteiger partial charge >= 0.3 is 6.03 Å². The SMILES string of the molecule is CCC1CN(C(=O)N2CCCC2)CCN1C. The van der Waals surface area contributed by atoms with Crippen LogP contribution in [0.1, 0.15) is 26.2 Å². The van der Waals surface area contributed by atoms with Crippen LogP contribution in [0.2, 0.25) is 0 Å². The monoisotopic (exact) mass is 225 g/mol. The zero-order valence-corrected chi connectivity index (χ0v) is 10.5. The number of carbonyl (C=O) groups excluding carboxylic acids is 1. The molecule has 2 amide bonds. The predicted molar refractivity (Wildman–Crippen MR) is 64.5 cm³/mol. The fourth-order valence-electron chi connectivity index (χ4n) is 2.67. The minimum Gasteiger partial charge on any atom is -0.325 e. The summed E-state index contributed by atoms with van der Waals surface area (Å²) in [5, 5.41) is 0. The van der Waals surface area contributed by atoms with Crippen molar-refractivity contribution in [3.8, 4) is 0 Å². The van der Waals surface area contributed by atoms with E-state index in [0.717, 1.165) is 39.1 Å². The van der Waals surface area contributed by atoms with Crippen molar-refractivity contribution >= 4 is 6.03 Å². The second kappa shape index (κ2) is 5.04. The molecule has 0 radical (unpaired) electrons. The van der Waals surface area contributed by atoms with Gasteiger partial charge in [-0.15, -0.1) is 0 Å². The Kier molecular flexibility index (Phi) is 3.69. The lowest BCUT2D eigenvalue weighted by Gasteiger charge is -2.40. The molecule has 2 rings (SSSR count). The first-order valence-corrected chi connectivity index (χ1v) is 6.46. The summed E-state index contributed by atoms with van der Waals surface area (Å²) in [5.74, 6) is 0. The Morgan fingerprint density at radius 1 is 1.12 bits per heavy atom. The average Bonchev–Trinajstić information content (AvgIpc) is 2.82. The van der Waals surface area contributed by atoms with Gasteiger partial charge in [-0.2, -0.15) is 0 Å². The van der Waals surface area contributed by atoms with E-state index < -0.39 is 0 Å². The van der Waals surface area contributed by atoms with Gasteiger partial charge in [-0.1, -0.05) is 6.92 Å². The Labute approximate surface area is 98.2 Å². The molecule has 0 N–H and O–H groups in total. The van der Waals surface area contributed by atoms with E-state index >= 15 is 0 Å². The summed E-state index contributed by atoms with van der Waals surface area (Å²) in [6, 6.07) is 0.810. The quantitative estimate of drug-likeness (QED) is 0.671. The van der Waals surface area contributed by atoms with Gasteiger partial charge < -0.3 is 9.80 Å². The van der Waals surface area contributed by atoms with Gasteiger partial charge in [0.1, 0.15) is 0 Å². The number of likely N-dealkylation sites (N-methyl/N-ethyl adjacent to an activating group) is 1. The highest BCUT2D eigenvalue weighted by Crippen LogP contribution is 2.15. The summed E-state index contributed by atoms with van der Waals surface area (Å²) >= 11 is 0. The molecule has 2 saturated heterocycles. The molecule has 2 fully saturated rings. The van der Waals surface area contributed by atoms with Gasteiger partial charge in [0.15, 0.2) is 0 Å². The lowest BCUT2D eigenvalue weighted by Crippen LogP contribution is -2.55. The van der Waals surface area contributed by atoms with Gasteiger partial charge in [-0.25, -0.2) is 4.79 Å². The standard InChI is InChI=1S/C12H23N3O/c1-3-11-10-15(9-8-13(11)2)12(16)14-6-4-5-7-14/h11H,3-10H2,1-2H3. The number of carbonyl (C=O) groups is 1. The van der Waals surface area contributed by atoms with E-state index in [1.165, 1.54) is 12.8 Å². The molecule has 1 atom stereocenters. The van der Waals surface area contributed by atoms with Crippen LogP contribution in [0.4, 0.5) is 4.79 Å². The van der Waals surface area contributed by atoms with Crippen molar-refractivity contribution in [2.75, 3.05) is 39.8 Å². The largest absolute Gasteiger partial charge is 0.325 e. The smallest absolute Gasteiger partial charge is 0.320 e. The zero-order valence-electron chi connectivity index (χ0n) is 10.5. The van der Waals surface area contributed by atoms with Crippen molar-refractivity contribution in [1.82, 2.24) is 14.7 Å². The van der Waals surface area contributed by atoms with E-state index in [0.29, 0.717) is 6.04 Å². The molecule has 0 aromatic rings. The molecule has 4 heteroatoms. The van der Waals surface area contributed by atoms with E-state index in [9.17, 15) is 4.79 Å². The van der Waals surface area contributed by atoms with E-state index in [1.54, 1.807) is 0 Å². The lowest BCUT2D eigenvalue weighted by atomic mass is 10.1. The van der Waals surface area contributed by atoms with Crippen LogP contribution >= 0.6 is 0 Å². The molecule has 0 bridgehead atoms. The van der Waals surface area contributed by atoms with Crippen LogP contribution in [0.25, 0.3) is 0 Å². The van der Waals surface area contributed by atoms with E-state index in [4.69, 9.17) is 0 Å². The number of rotatable bonds is 1. The topological polar surface area (TPSA) is 26.8 Å². The average molecular weight is 225 g/mol. The lowest BCUT2D eigenvalue weighted by molar-refractivity contribution is 0.0920. The second-order valence-corrected chi connectivity index (χ2v) is 4.97. The molecule has 2 heterocycles. The Morgan fingerprint density at radius 2 is 1.81 bits per heavy atom. The van der Waals surface area contributed by atoms with Gasteiger partial charge in [-0.3, -0.25) is 4.90 Å². The molecule has 0 aromatic heterocycles. The van der Waals surface area contributed by atoms with Gasteiger partial charge in [0.25, 0.3) is 0 Å². The van der Waals surface area contributed by atoms with Gasteiger partial charge in [-0.05, 0) is 26.3 Å². The molecule has 2 aliphatic rings. The molecule has 2 aliphatic heterocycles. The Morgan fingerprint density at radius 3 is 2.44 bits per heavy atom. The third-order valence-electron chi connectivity index (χ3n) is 3.90. The van der Waals surface area contributed by atoms with Gasteiger partial charge in [0.2, 0.25) is 0 Å². The maximum Gasteiger partial charge on any atom is 0.320 e. The van der Waals surface area contributed by atoms with Crippen LogP contribution in [0.15, 0.2) is 0 Å². The van der Waals surface area contributed by atoms with Crippen LogP contribution < -0.4 is 0 Å². The predicted octanol–water partition coefficient (Wildman–Crippen LogP) is 1.23. The fraction of sp³-hybridized carbons (Fsp3) is 0.917. The maximum absolute atomic E-state index is 12.2. The number of hydrogen-bond acceptors (Lipinski definition) is 2. The number of urea groups is 1. The minimum atomic E-state index is 0.268. The second-order valence-electron chi connectivity index (χ2n) is 4.97. The summed E-state index contributed by atoms with van der Waals surface area (Å²) in [7, 11) is 2.16. The van der Waals surface area contributed by atoms with E-state index in [1.807, 2.05) is 9.80 Å². The first-order valence-electron chi connectivity index (χ1n) is 6.46. The zero-order chi connectivity index (χ0) is 11.5. The highest BCUT2D eigenvalue weighted by molar-refractivity contribution is 5.74. The van der Waals surface area contributed by atoms with Crippen LogP contribution in [-0.2, 0) is 0 Å². The van der Waals surface area contributed by atoms with Gasteiger partial charge in [0, 0.05) is 38.8 Å². The summed E-state index contributed by atoms with van der Waals surface area (Å²) in [6.07, 6.45) is 3.48. The van der Waals surface area contributed by atoms with Crippen LogP contribution in [-0.4, -0.2) is 66.5 Å². The first kappa shape index (κ1) is 11.7. The molecule has 1 unspecified atom stereocenters.